The van der Waals surface area contributed by atoms with Crippen molar-refractivity contribution in [3.63, 3.8) is 0 Å². The van der Waals surface area contributed by atoms with Crippen LogP contribution in [0.25, 0.3) is 11.0 Å². The highest BCUT2D eigenvalue weighted by molar-refractivity contribution is 5.89. The number of methoxy groups -OCH3 is 1. The molecule has 1 fully saturated rings. The van der Waals surface area contributed by atoms with Gasteiger partial charge in [0.25, 0.3) is 0 Å². The fourth-order valence-electron chi connectivity index (χ4n) is 4.11. The van der Waals surface area contributed by atoms with Gasteiger partial charge in [-0.3, -0.25) is 4.79 Å². The van der Waals surface area contributed by atoms with E-state index in [2.05, 4.69) is 10.6 Å². The zero-order valence-corrected chi connectivity index (χ0v) is 18.5. The van der Waals surface area contributed by atoms with E-state index in [1.165, 1.54) is 0 Å². The third-order valence-electron chi connectivity index (χ3n) is 5.94. The molecule has 1 unspecified atom stereocenters. The molecule has 4 rings (SSSR count). The SMILES string of the molecule is COc1ccc2c(CC(=O)N3CCCC(CNC(=O)Nc4ccc(C)cc4)C3)coc2c1. The number of hydrogen-bond donors (Lipinski definition) is 2. The van der Waals surface area contributed by atoms with Gasteiger partial charge in [-0.1, -0.05) is 17.7 Å². The van der Waals surface area contributed by atoms with E-state index in [1.807, 2.05) is 54.3 Å². The molecule has 2 heterocycles. The maximum absolute atomic E-state index is 12.9. The quantitative estimate of drug-likeness (QED) is 0.603. The second kappa shape index (κ2) is 9.77. The van der Waals surface area contributed by atoms with Crippen LogP contribution in [-0.4, -0.2) is 43.6 Å². The summed E-state index contributed by atoms with van der Waals surface area (Å²) in [4.78, 5) is 27.1. The first kappa shape index (κ1) is 21.7. The standard InChI is InChI=1S/C25H29N3O4/c1-17-5-7-20(8-6-17)27-25(30)26-14-18-4-3-11-28(15-18)24(29)12-19-16-32-23-13-21(31-2)9-10-22(19)23/h5-10,13,16,18H,3-4,11-12,14-15H2,1-2H3,(H2,26,27,30). The van der Waals surface area contributed by atoms with Crippen molar-refractivity contribution in [2.24, 2.45) is 5.92 Å². The third-order valence-corrected chi connectivity index (χ3v) is 5.94. The Morgan fingerprint density at radius 2 is 2.00 bits per heavy atom. The number of rotatable bonds is 6. The first-order valence-corrected chi connectivity index (χ1v) is 10.9. The molecule has 1 aromatic heterocycles. The largest absolute Gasteiger partial charge is 0.497 e. The van der Waals surface area contributed by atoms with Crippen LogP contribution < -0.4 is 15.4 Å². The molecular weight excluding hydrogens is 406 g/mol. The second-order valence-corrected chi connectivity index (χ2v) is 8.35. The highest BCUT2D eigenvalue weighted by Crippen LogP contribution is 2.27. The molecule has 0 bridgehead atoms. The summed E-state index contributed by atoms with van der Waals surface area (Å²) in [6, 6.07) is 13.1. The number of amides is 3. The number of nitrogens with zero attached hydrogens (tertiary/aromatic N) is 1. The highest BCUT2D eigenvalue weighted by Gasteiger charge is 2.25. The number of ether oxygens (including phenoxy) is 1. The molecule has 0 radical (unpaired) electrons. The molecule has 1 atom stereocenters. The predicted molar refractivity (Wildman–Crippen MR) is 124 cm³/mol. The van der Waals surface area contributed by atoms with Crippen molar-refractivity contribution in [2.45, 2.75) is 26.2 Å². The van der Waals surface area contributed by atoms with Gasteiger partial charge >= 0.3 is 6.03 Å². The molecule has 0 saturated carbocycles. The number of furan rings is 1. The Balaban J connectivity index is 1.29. The molecule has 3 amide bonds. The van der Waals surface area contributed by atoms with Gasteiger partial charge < -0.3 is 24.7 Å². The van der Waals surface area contributed by atoms with E-state index < -0.39 is 0 Å². The number of likely N-dealkylation sites (tertiary alicyclic amines) is 1. The number of nitrogens with one attached hydrogen (secondary N) is 2. The number of aryl methyl sites for hydroxylation is 1. The van der Waals surface area contributed by atoms with E-state index in [-0.39, 0.29) is 17.9 Å². The number of carbonyl (C=O) groups excluding carboxylic acids is 2. The zero-order chi connectivity index (χ0) is 22.5. The minimum absolute atomic E-state index is 0.0809. The molecule has 32 heavy (non-hydrogen) atoms. The van der Waals surface area contributed by atoms with Crippen molar-refractivity contribution in [1.29, 1.82) is 0 Å². The zero-order valence-electron chi connectivity index (χ0n) is 18.5. The van der Waals surface area contributed by atoms with Crippen LogP contribution in [0, 0.1) is 12.8 Å². The Hall–Kier alpha value is -3.48. The average Bonchev–Trinajstić information content (AvgIpc) is 3.21. The molecule has 2 aromatic carbocycles. The number of urea groups is 1. The molecule has 2 N–H and O–H groups in total. The van der Waals surface area contributed by atoms with Crippen molar-refractivity contribution in [1.82, 2.24) is 10.2 Å². The minimum Gasteiger partial charge on any atom is -0.497 e. The van der Waals surface area contributed by atoms with E-state index in [0.29, 0.717) is 25.1 Å². The van der Waals surface area contributed by atoms with Gasteiger partial charge in [0.1, 0.15) is 11.3 Å². The van der Waals surface area contributed by atoms with E-state index >= 15 is 0 Å². The van der Waals surface area contributed by atoms with E-state index in [0.717, 1.165) is 47.3 Å². The van der Waals surface area contributed by atoms with Gasteiger partial charge in [-0.25, -0.2) is 4.79 Å². The highest BCUT2D eigenvalue weighted by atomic mass is 16.5. The lowest BCUT2D eigenvalue weighted by atomic mass is 9.97. The number of piperidine rings is 1. The molecular formula is C25H29N3O4. The number of carbonyl (C=O) groups is 2. The van der Waals surface area contributed by atoms with Crippen molar-refractivity contribution in [3.8, 4) is 5.75 Å². The molecule has 1 aliphatic rings. The van der Waals surface area contributed by atoms with Gasteiger partial charge in [0.05, 0.1) is 19.8 Å². The first-order valence-electron chi connectivity index (χ1n) is 10.9. The fourth-order valence-corrected chi connectivity index (χ4v) is 4.11. The summed E-state index contributed by atoms with van der Waals surface area (Å²) in [5, 5.41) is 6.72. The van der Waals surface area contributed by atoms with Crippen molar-refractivity contribution in [3.05, 3.63) is 59.9 Å². The Labute approximate surface area is 187 Å². The van der Waals surface area contributed by atoms with Gasteiger partial charge in [-0.05, 0) is 49.9 Å². The summed E-state index contributed by atoms with van der Waals surface area (Å²) in [6.07, 6.45) is 3.87. The van der Waals surface area contributed by atoms with E-state index in [1.54, 1.807) is 13.4 Å². The van der Waals surface area contributed by atoms with Gasteiger partial charge in [-0.2, -0.15) is 0 Å². The Morgan fingerprint density at radius 1 is 1.19 bits per heavy atom. The molecule has 1 aliphatic heterocycles. The van der Waals surface area contributed by atoms with Crippen molar-refractivity contribution in [2.75, 3.05) is 32.1 Å². The van der Waals surface area contributed by atoms with Gasteiger partial charge in [0, 0.05) is 42.3 Å². The smallest absolute Gasteiger partial charge is 0.319 e. The molecule has 168 valence electrons. The maximum Gasteiger partial charge on any atom is 0.319 e. The van der Waals surface area contributed by atoms with E-state index in [4.69, 9.17) is 9.15 Å². The normalized spacial score (nSPS) is 16.1. The molecule has 0 spiro atoms. The van der Waals surface area contributed by atoms with E-state index in [9.17, 15) is 9.59 Å². The molecule has 3 aromatic rings. The van der Waals surface area contributed by atoms with Crippen molar-refractivity contribution >= 4 is 28.6 Å². The average molecular weight is 436 g/mol. The van der Waals surface area contributed by atoms with Crippen LogP contribution in [0.15, 0.2) is 53.1 Å². The van der Waals surface area contributed by atoms with Crippen LogP contribution in [0.2, 0.25) is 0 Å². The fraction of sp³-hybridized carbons (Fsp3) is 0.360. The summed E-state index contributed by atoms with van der Waals surface area (Å²) in [7, 11) is 1.61. The molecule has 7 heteroatoms. The number of anilines is 1. The van der Waals surface area contributed by atoms with Crippen LogP contribution in [-0.2, 0) is 11.2 Å². The monoisotopic (exact) mass is 435 g/mol. The summed E-state index contributed by atoms with van der Waals surface area (Å²) < 4.78 is 10.8. The van der Waals surface area contributed by atoms with Crippen LogP contribution in [0.1, 0.15) is 24.0 Å². The Morgan fingerprint density at radius 3 is 2.78 bits per heavy atom. The summed E-state index contributed by atoms with van der Waals surface area (Å²) in [5.74, 6) is 1.04. The van der Waals surface area contributed by atoms with Gasteiger partial charge in [-0.15, -0.1) is 0 Å². The van der Waals surface area contributed by atoms with Crippen LogP contribution in [0.5, 0.6) is 5.75 Å². The lowest BCUT2D eigenvalue weighted by Crippen LogP contribution is -2.44. The molecule has 7 nitrogen and oxygen atoms in total. The van der Waals surface area contributed by atoms with Gasteiger partial charge in [0.2, 0.25) is 5.91 Å². The van der Waals surface area contributed by atoms with Crippen LogP contribution >= 0.6 is 0 Å². The molecule has 1 saturated heterocycles. The molecule has 0 aliphatic carbocycles. The van der Waals surface area contributed by atoms with Crippen molar-refractivity contribution < 1.29 is 18.7 Å². The minimum atomic E-state index is -0.224. The third kappa shape index (κ3) is 5.22. The second-order valence-electron chi connectivity index (χ2n) is 8.35. The maximum atomic E-state index is 12.9. The van der Waals surface area contributed by atoms with Crippen LogP contribution in [0.4, 0.5) is 10.5 Å². The summed E-state index contributed by atoms with van der Waals surface area (Å²) in [5.41, 5.74) is 3.50. The summed E-state index contributed by atoms with van der Waals surface area (Å²) >= 11 is 0. The number of benzene rings is 2. The first-order chi connectivity index (χ1) is 15.5. The summed E-state index contributed by atoms with van der Waals surface area (Å²) in [6.45, 7) is 3.93. The Bertz CT molecular complexity index is 1090. The van der Waals surface area contributed by atoms with Crippen LogP contribution in [0.3, 0.4) is 0 Å². The predicted octanol–water partition coefficient (Wildman–Crippen LogP) is 4.35. The van der Waals surface area contributed by atoms with Gasteiger partial charge in [0.15, 0.2) is 0 Å². The lowest BCUT2D eigenvalue weighted by molar-refractivity contribution is -0.132. The number of hydrogen-bond acceptors (Lipinski definition) is 4. The lowest BCUT2D eigenvalue weighted by Gasteiger charge is -2.33. The Kier molecular flexibility index (Phi) is 6.63. The topological polar surface area (TPSA) is 83.8 Å². The number of fused-ring (bicyclic) bond motifs is 1.